The number of sulfonamides is 1. The molecule has 0 aliphatic heterocycles. The molecule has 3 rings (SSSR count). The first kappa shape index (κ1) is 21.6. The number of hydrogen-bond donors (Lipinski definition) is 3. The van der Waals surface area contributed by atoms with Crippen molar-refractivity contribution in [2.24, 2.45) is 5.10 Å². The maximum atomic E-state index is 12.9. The van der Waals surface area contributed by atoms with Crippen molar-refractivity contribution >= 4 is 33.3 Å². The Kier molecular flexibility index (Phi) is 6.36. The number of nitrogens with one attached hydrogen (secondary N) is 2. The summed E-state index contributed by atoms with van der Waals surface area (Å²) in [6, 6.07) is 15.9. The zero-order chi connectivity index (χ0) is 22.4. The molecule has 3 aromatic rings. The van der Waals surface area contributed by atoms with Crippen LogP contribution in [0.1, 0.15) is 5.56 Å². The van der Waals surface area contributed by atoms with E-state index in [2.05, 4.69) is 15.2 Å². The smallest absolute Gasteiger partial charge is 0.270 e. The Morgan fingerprint density at radius 3 is 2.45 bits per heavy atom. The summed E-state index contributed by atoms with van der Waals surface area (Å²) in [6.45, 7) is 0. The Labute approximate surface area is 178 Å². The molecule has 0 aliphatic rings. The van der Waals surface area contributed by atoms with Crippen LogP contribution in [0.15, 0.2) is 76.7 Å². The number of rotatable bonds is 8. The standard InChI is InChI=1S/C20H18N4O6S/c1-30-17-9-6-15(7-10-17)23-31(28,29)20-12-16(24(26)27)8-11-18(20)22-21-13-14-4-2-3-5-19(14)25/h2-13,22-23,25H,1H3/b21-13+. The third-order valence-electron chi connectivity index (χ3n) is 4.13. The minimum Gasteiger partial charge on any atom is -0.507 e. The van der Waals surface area contributed by atoms with Gasteiger partial charge in [0.05, 0.1) is 23.9 Å². The lowest BCUT2D eigenvalue weighted by atomic mass is 10.2. The van der Waals surface area contributed by atoms with Crippen LogP contribution in [0.2, 0.25) is 0 Å². The van der Waals surface area contributed by atoms with E-state index in [0.29, 0.717) is 11.3 Å². The first-order chi connectivity index (χ1) is 14.8. The van der Waals surface area contributed by atoms with Crippen LogP contribution in [0, 0.1) is 10.1 Å². The molecule has 160 valence electrons. The largest absolute Gasteiger partial charge is 0.507 e. The third-order valence-corrected chi connectivity index (χ3v) is 5.55. The Morgan fingerprint density at radius 2 is 1.81 bits per heavy atom. The van der Waals surface area contributed by atoms with E-state index in [4.69, 9.17) is 4.74 Å². The Balaban J connectivity index is 1.93. The number of nitro groups is 1. The molecular weight excluding hydrogens is 424 g/mol. The Hall–Kier alpha value is -4.12. The second-order valence-corrected chi connectivity index (χ2v) is 7.85. The number of methoxy groups -OCH3 is 1. The highest BCUT2D eigenvalue weighted by molar-refractivity contribution is 7.92. The third kappa shape index (κ3) is 5.28. The van der Waals surface area contributed by atoms with Crippen LogP contribution in [0.25, 0.3) is 0 Å². The molecule has 0 saturated carbocycles. The van der Waals surface area contributed by atoms with Gasteiger partial charge in [0.2, 0.25) is 0 Å². The van der Waals surface area contributed by atoms with Gasteiger partial charge in [-0.2, -0.15) is 5.10 Å². The molecule has 0 saturated heterocycles. The first-order valence-electron chi connectivity index (χ1n) is 8.82. The van der Waals surface area contributed by atoms with Gasteiger partial charge >= 0.3 is 0 Å². The predicted molar refractivity (Wildman–Crippen MR) is 116 cm³/mol. The average Bonchev–Trinajstić information content (AvgIpc) is 2.75. The zero-order valence-electron chi connectivity index (χ0n) is 16.2. The number of para-hydroxylation sites is 1. The molecule has 0 unspecified atom stereocenters. The summed E-state index contributed by atoms with van der Waals surface area (Å²) in [6.07, 6.45) is 1.30. The van der Waals surface area contributed by atoms with Crippen LogP contribution < -0.4 is 14.9 Å². The zero-order valence-corrected chi connectivity index (χ0v) is 17.0. The van der Waals surface area contributed by atoms with Gasteiger partial charge in [0, 0.05) is 23.4 Å². The number of benzene rings is 3. The minimum absolute atomic E-state index is 0.00855. The second kappa shape index (κ2) is 9.13. The summed E-state index contributed by atoms with van der Waals surface area (Å²) in [5, 5.41) is 24.9. The molecule has 0 aliphatic carbocycles. The Bertz CT molecular complexity index is 1230. The predicted octanol–water partition coefficient (Wildman–Crippen LogP) is 3.56. The number of non-ortho nitro benzene ring substituents is 1. The van der Waals surface area contributed by atoms with Crippen LogP contribution in [0.4, 0.5) is 17.1 Å². The molecule has 0 radical (unpaired) electrons. The number of hydrazone groups is 1. The van der Waals surface area contributed by atoms with Crippen LogP contribution in [-0.2, 0) is 10.0 Å². The number of phenolic OH excluding ortho intramolecular Hbond substituents is 1. The molecule has 10 nitrogen and oxygen atoms in total. The lowest BCUT2D eigenvalue weighted by molar-refractivity contribution is -0.385. The van der Waals surface area contributed by atoms with E-state index >= 15 is 0 Å². The van der Waals surface area contributed by atoms with Gasteiger partial charge < -0.3 is 9.84 Å². The number of nitro benzene ring substituents is 1. The van der Waals surface area contributed by atoms with Gasteiger partial charge in [0.1, 0.15) is 16.4 Å². The molecule has 0 amide bonds. The number of ether oxygens (including phenoxy) is 1. The summed E-state index contributed by atoms with van der Waals surface area (Å²) in [4.78, 5) is 10.1. The fourth-order valence-corrected chi connectivity index (χ4v) is 3.81. The van der Waals surface area contributed by atoms with Gasteiger partial charge in [-0.05, 0) is 42.5 Å². The number of phenols is 1. The van der Waals surface area contributed by atoms with Crippen LogP contribution in [-0.4, -0.2) is 31.8 Å². The van der Waals surface area contributed by atoms with Crippen molar-refractivity contribution in [3.63, 3.8) is 0 Å². The number of nitrogens with zero attached hydrogens (tertiary/aromatic N) is 2. The van der Waals surface area contributed by atoms with Crippen molar-refractivity contribution in [2.75, 3.05) is 17.3 Å². The van der Waals surface area contributed by atoms with Gasteiger partial charge in [0.15, 0.2) is 0 Å². The van der Waals surface area contributed by atoms with Crippen molar-refractivity contribution in [1.82, 2.24) is 0 Å². The van der Waals surface area contributed by atoms with Crippen molar-refractivity contribution in [1.29, 1.82) is 0 Å². The highest BCUT2D eigenvalue weighted by Gasteiger charge is 2.22. The van der Waals surface area contributed by atoms with E-state index in [1.165, 1.54) is 37.6 Å². The summed E-state index contributed by atoms with van der Waals surface area (Å²) in [5.74, 6) is 0.532. The van der Waals surface area contributed by atoms with Crippen molar-refractivity contribution < 1.29 is 23.2 Å². The fourth-order valence-electron chi connectivity index (χ4n) is 2.58. The van der Waals surface area contributed by atoms with Gasteiger partial charge in [-0.15, -0.1) is 0 Å². The molecule has 0 fully saturated rings. The van der Waals surface area contributed by atoms with Crippen LogP contribution in [0.5, 0.6) is 11.5 Å². The maximum Gasteiger partial charge on any atom is 0.270 e. The van der Waals surface area contributed by atoms with Gasteiger partial charge in [-0.25, -0.2) is 8.42 Å². The normalized spacial score (nSPS) is 11.3. The second-order valence-electron chi connectivity index (χ2n) is 6.20. The topological polar surface area (TPSA) is 143 Å². The fraction of sp³-hybridized carbons (Fsp3) is 0.0500. The van der Waals surface area contributed by atoms with E-state index in [-0.39, 0.29) is 22.0 Å². The van der Waals surface area contributed by atoms with Crippen LogP contribution >= 0.6 is 0 Å². The molecule has 0 aromatic heterocycles. The number of aromatic hydroxyl groups is 1. The molecule has 0 heterocycles. The van der Waals surface area contributed by atoms with Crippen LogP contribution in [0.3, 0.4) is 0 Å². The van der Waals surface area contributed by atoms with E-state index in [1.807, 2.05) is 0 Å². The average molecular weight is 442 g/mol. The number of anilines is 2. The van der Waals surface area contributed by atoms with Gasteiger partial charge in [-0.1, -0.05) is 12.1 Å². The SMILES string of the molecule is COc1ccc(NS(=O)(=O)c2cc([N+](=O)[O-])ccc2N/N=C/c2ccccc2O)cc1. The van der Waals surface area contributed by atoms with Crippen molar-refractivity contribution in [3.8, 4) is 11.5 Å². The van der Waals surface area contributed by atoms with Crippen molar-refractivity contribution in [2.45, 2.75) is 4.90 Å². The van der Waals surface area contributed by atoms with Crippen molar-refractivity contribution in [3.05, 3.63) is 82.4 Å². The summed E-state index contributed by atoms with van der Waals surface area (Å²) in [5.41, 5.74) is 2.82. The lowest BCUT2D eigenvalue weighted by Crippen LogP contribution is -2.15. The molecule has 3 N–H and O–H groups in total. The molecule has 11 heteroatoms. The molecule has 3 aromatic carbocycles. The minimum atomic E-state index is -4.20. The Morgan fingerprint density at radius 1 is 1.10 bits per heavy atom. The van der Waals surface area contributed by atoms with E-state index < -0.39 is 20.6 Å². The van der Waals surface area contributed by atoms with E-state index in [9.17, 15) is 23.6 Å². The highest BCUT2D eigenvalue weighted by atomic mass is 32.2. The molecule has 0 bridgehead atoms. The van der Waals surface area contributed by atoms with Gasteiger partial charge in [0.25, 0.3) is 15.7 Å². The monoisotopic (exact) mass is 442 g/mol. The highest BCUT2D eigenvalue weighted by Crippen LogP contribution is 2.29. The molecule has 31 heavy (non-hydrogen) atoms. The summed E-state index contributed by atoms with van der Waals surface area (Å²) in [7, 11) is -2.72. The number of hydrogen-bond acceptors (Lipinski definition) is 8. The van der Waals surface area contributed by atoms with E-state index in [1.54, 1.807) is 30.3 Å². The first-order valence-corrected chi connectivity index (χ1v) is 10.3. The maximum absolute atomic E-state index is 12.9. The quantitative estimate of drug-likeness (QED) is 0.275. The molecule has 0 atom stereocenters. The summed E-state index contributed by atoms with van der Waals surface area (Å²) < 4.78 is 33.3. The van der Waals surface area contributed by atoms with Gasteiger partial charge in [-0.3, -0.25) is 20.3 Å². The summed E-state index contributed by atoms with van der Waals surface area (Å²) >= 11 is 0. The molecular formula is C20H18N4O6S. The lowest BCUT2D eigenvalue weighted by Gasteiger charge is -2.12. The molecule has 0 spiro atoms. The van der Waals surface area contributed by atoms with E-state index in [0.717, 1.165) is 12.1 Å².